The van der Waals surface area contributed by atoms with E-state index in [0.29, 0.717) is 5.38 Å². The molecular formula is C12H17ClS. The van der Waals surface area contributed by atoms with E-state index in [2.05, 4.69) is 16.8 Å². The van der Waals surface area contributed by atoms with Crippen LogP contribution in [0.4, 0.5) is 0 Å². The summed E-state index contributed by atoms with van der Waals surface area (Å²) in [5.41, 5.74) is 1.42. The van der Waals surface area contributed by atoms with E-state index in [1.807, 2.05) is 0 Å². The van der Waals surface area contributed by atoms with Gasteiger partial charge in [-0.3, -0.25) is 0 Å². The first kappa shape index (κ1) is 10.5. The van der Waals surface area contributed by atoms with Crippen molar-refractivity contribution in [2.75, 3.05) is 0 Å². The minimum absolute atomic E-state index is 0.366. The van der Waals surface area contributed by atoms with Gasteiger partial charge >= 0.3 is 0 Å². The molecule has 0 bridgehead atoms. The highest BCUT2D eigenvalue weighted by atomic mass is 35.5. The van der Waals surface area contributed by atoms with Crippen LogP contribution in [-0.2, 0) is 6.42 Å². The van der Waals surface area contributed by atoms with Crippen LogP contribution in [0.1, 0.15) is 37.7 Å². The molecule has 0 aliphatic heterocycles. The van der Waals surface area contributed by atoms with Gasteiger partial charge in [-0.2, -0.15) is 11.3 Å². The molecule has 14 heavy (non-hydrogen) atoms. The van der Waals surface area contributed by atoms with Gasteiger partial charge in [0.15, 0.2) is 0 Å². The Morgan fingerprint density at radius 2 is 2.14 bits per heavy atom. The molecule has 78 valence electrons. The molecule has 0 amide bonds. The first-order chi connectivity index (χ1) is 6.86. The molecule has 0 spiro atoms. The zero-order chi connectivity index (χ0) is 9.80. The fourth-order valence-electron chi connectivity index (χ4n) is 2.30. The highest BCUT2D eigenvalue weighted by Gasteiger charge is 2.21. The minimum Gasteiger partial charge on any atom is -0.152 e. The molecule has 0 nitrogen and oxygen atoms in total. The summed E-state index contributed by atoms with van der Waals surface area (Å²) >= 11 is 8.23. The average Bonchev–Trinajstić information content (AvgIpc) is 2.72. The number of alkyl halides is 1. The molecule has 1 aliphatic carbocycles. The molecule has 0 radical (unpaired) electrons. The van der Waals surface area contributed by atoms with Crippen LogP contribution in [0, 0.1) is 5.92 Å². The number of hydrogen-bond acceptors (Lipinski definition) is 1. The number of rotatable bonds is 3. The summed E-state index contributed by atoms with van der Waals surface area (Å²) in [7, 11) is 0. The number of halogens is 1. The van der Waals surface area contributed by atoms with Crippen molar-refractivity contribution in [3.8, 4) is 0 Å². The van der Waals surface area contributed by atoms with E-state index in [0.717, 1.165) is 12.3 Å². The smallest absolute Gasteiger partial charge is 0.0404 e. The standard InChI is InChI=1S/C12H17ClS/c13-12(8-10-6-7-14-9-10)11-4-2-1-3-5-11/h6-7,9,11-12H,1-5,8H2. The van der Waals surface area contributed by atoms with Crippen LogP contribution in [0.5, 0.6) is 0 Å². The summed E-state index contributed by atoms with van der Waals surface area (Å²) in [5.74, 6) is 0.769. The predicted molar refractivity (Wildman–Crippen MR) is 64.2 cm³/mol. The Bertz CT molecular complexity index is 249. The van der Waals surface area contributed by atoms with Gasteiger partial charge in [-0.15, -0.1) is 11.6 Å². The third-order valence-corrected chi connectivity index (χ3v) is 4.41. The molecule has 1 saturated carbocycles. The van der Waals surface area contributed by atoms with Crippen LogP contribution in [0.15, 0.2) is 16.8 Å². The van der Waals surface area contributed by atoms with Crippen LogP contribution in [0.3, 0.4) is 0 Å². The van der Waals surface area contributed by atoms with Gasteiger partial charge in [-0.25, -0.2) is 0 Å². The Kier molecular flexibility index (Phi) is 3.89. The zero-order valence-electron chi connectivity index (χ0n) is 8.42. The van der Waals surface area contributed by atoms with E-state index in [4.69, 9.17) is 11.6 Å². The monoisotopic (exact) mass is 228 g/mol. The van der Waals surface area contributed by atoms with Gasteiger partial charge in [0.25, 0.3) is 0 Å². The normalized spacial score (nSPS) is 20.9. The molecule has 0 aromatic carbocycles. The van der Waals surface area contributed by atoms with Crippen molar-refractivity contribution < 1.29 is 0 Å². The molecular weight excluding hydrogens is 212 g/mol. The maximum Gasteiger partial charge on any atom is 0.0404 e. The Hall–Kier alpha value is -0.0100. The molecule has 1 atom stereocenters. The van der Waals surface area contributed by atoms with E-state index in [1.54, 1.807) is 11.3 Å². The quantitative estimate of drug-likeness (QED) is 0.670. The maximum absolute atomic E-state index is 6.46. The maximum atomic E-state index is 6.46. The Labute approximate surface area is 95.3 Å². The summed E-state index contributed by atoms with van der Waals surface area (Å²) in [6.45, 7) is 0. The average molecular weight is 229 g/mol. The molecule has 1 unspecified atom stereocenters. The van der Waals surface area contributed by atoms with Crippen molar-refractivity contribution in [1.82, 2.24) is 0 Å². The Morgan fingerprint density at radius 1 is 1.36 bits per heavy atom. The first-order valence-electron chi connectivity index (χ1n) is 5.51. The fraction of sp³-hybridized carbons (Fsp3) is 0.667. The summed E-state index contributed by atoms with van der Waals surface area (Å²) < 4.78 is 0. The van der Waals surface area contributed by atoms with E-state index >= 15 is 0 Å². The molecule has 1 heterocycles. The molecule has 1 aromatic heterocycles. The topological polar surface area (TPSA) is 0 Å². The molecule has 1 aromatic rings. The summed E-state index contributed by atoms with van der Waals surface area (Å²) in [6, 6.07) is 2.20. The van der Waals surface area contributed by atoms with Crippen LogP contribution in [0.2, 0.25) is 0 Å². The van der Waals surface area contributed by atoms with Crippen LogP contribution >= 0.6 is 22.9 Å². The van der Waals surface area contributed by atoms with E-state index in [9.17, 15) is 0 Å². The van der Waals surface area contributed by atoms with E-state index < -0.39 is 0 Å². The molecule has 0 N–H and O–H groups in total. The Balaban J connectivity index is 1.85. The van der Waals surface area contributed by atoms with Gasteiger partial charge in [-0.1, -0.05) is 19.3 Å². The minimum atomic E-state index is 0.366. The second-order valence-corrected chi connectivity index (χ2v) is 5.59. The molecule has 1 fully saturated rings. The van der Waals surface area contributed by atoms with Crippen molar-refractivity contribution in [3.05, 3.63) is 22.4 Å². The van der Waals surface area contributed by atoms with Gasteiger partial charge in [0.05, 0.1) is 0 Å². The fourth-order valence-corrected chi connectivity index (χ4v) is 3.41. The van der Waals surface area contributed by atoms with Crippen molar-refractivity contribution in [3.63, 3.8) is 0 Å². The Morgan fingerprint density at radius 3 is 2.79 bits per heavy atom. The highest BCUT2D eigenvalue weighted by molar-refractivity contribution is 7.07. The van der Waals surface area contributed by atoms with E-state index in [-0.39, 0.29) is 0 Å². The lowest BCUT2D eigenvalue weighted by molar-refractivity contribution is 0.344. The van der Waals surface area contributed by atoms with Crippen molar-refractivity contribution in [2.45, 2.75) is 43.9 Å². The molecule has 0 saturated heterocycles. The lowest BCUT2D eigenvalue weighted by Gasteiger charge is -2.25. The van der Waals surface area contributed by atoms with Crippen molar-refractivity contribution >= 4 is 22.9 Å². The number of hydrogen-bond donors (Lipinski definition) is 0. The third-order valence-electron chi connectivity index (χ3n) is 3.17. The van der Waals surface area contributed by atoms with Gasteiger partial charge in [0.1, 0.15) is 0 Å². The third kappa shape index (κ3) is 2.74. The highest BCUT2D eigenvalue weighted by Crippen LogP contribution is 2.31. The lowest BCUT2D eigenvalue weighted by Crippen LogP contribution is -2.19. The second kappa shape index (κ2) is 5.18. The predicted octanol–water partition coefficient (Wildman–Crippen LogP) is 4.48. The SMILES string of the molecule is ClC(Cc1ccsc1)C1CCCCC1. The second-order valence-electron chi connectivity index (χ2n) is 4.25. The summed E-state index contributed by atoms with van der Waals surface area (Å²) in [6.07, 6.45) is 7.94. The van der Waals surface area contributed by atoms with Crippen LogP contribution in [-0.4, -0.2) is 5.38 Å². The van der Waals surface area contributed by atoms with Crippen LogP contribution < -0.4 is 0 Å². The molecule has 1 aliphatic rings. The first-order valence-corrected chi connectivity index (χ1v) is 6.89. The van der Waals surface area contributed by atoms with E-state index in [1.165, 1.54) is 37.7 Å². The largest absolute Gasteiger partial charge is 0.152 e. The molecule has 2 rings (SSSR count). The summed E-state index contributed by atoms with van der Waals surface area (Å²) in [4.78, 5) is 0. The zero-order valence-corrected chi connectivity index (χ0v) is 9.99. The van der Waals surface area contributed by atoms with Crippen molar-refractivity contribution in [1.29, 1.82) is 0 Å². The van der Waals surface area contributed by atoms with Crippen molar-refractivity contribution in [2.24, 2.45) is 5.92 Å². The van der Waals surface area contributed by atoms with Gasteiger partial charge in [0, 0.05) is 5.38 Å². The number of thiophene rings is 1. The van der Waals surface area contributed by atoms with Gasteiger partial charge < -0.3 is 0 Å². The lowest BCUT2D eigenvalue weighted by atomic mass is 9.85. The molecule has 2 heteroatoms. The van der Waals surface area contributed by atoms with Gasteiger partial charge in [0.2, 0.25) is 0 Å². The van der Waals surface area contributed by atoms with Crippen LogP contribution in [0.25, 0.3) is 0 Å². The van der Waals surface area contributed by atoms with Gasteiger partial charge in [-0.05, 0) is 47.6 Å². The summed E-state index contributed by atoms with van der Waals surface area (Å²) in [5, 5.41) is 4.72.